The van der Waals surface area contributed by atoms with E-state index in [9.17, 15) is 30.3 Å². The molecule has 0 aromatic rings. The largest absolute Gasteiger partial charge is 0.394 e. The number of hydrogen-bond acceptors (Lipinski definition) is 8. The number of aliphatic hydroxyl groups excluding tert-OH is 5. The van der Waals surface area contributed by atoms with Crippen LogP contribution >= 0.6 is 0 Å². The maximum atomic E-state index is 13.2. The minimum atomic E-state index is -1.57. The smallest absolute Gasteiger partial charge is 0.220 e. The molecule has 0 aromatic heterocycles. The summed E-state index contributed by atoms with van der Waals surface area (Å²) in [5, 5.41) is 54.9. The number of amides is 1. The number of carbonyl (C=O) groups is 1. The summed E-state index contributed by atoms with van der Waals surface area (Å²) < 4.78 is 11.4. The highest BCUT2D eigenvalue weighted by Crippen LogP contribution is 2.24. The highest BCUT2D eigenvalue weighted by molar-refractivity contribution is 5.76. The number of aliphatic hydroxyl groups is 5. The number of allylic oxidation sites excluding steroid dienone is 9. The Morgan fingerprint density at radius 1 is 0.376 bits per heavy atom. The van der Waals surface area contributed by atoms with E-state index in [4.69, 9.17) is 9.47 Å². The van der Waals surface area contributed by atoms with Gasteiger partial charge in [-0.05, 0) is 57.8 Å². The molecule has 0 spiro atoms. The molecule has 546 valence electrons. The van der Waals surface area contributed by atoms with Gasteiger partial charge in [0.25, 0.3) is 0 Å². The Bertz CT molecular complexity index is 1660. The number of ether oxygens (including phenoxy) is 2. The summed E-state index contributed by atoms with van der Waals surface area (Å²) in [7, 11) is 0. The molecule has 6 N–H and O–H groups in total. The van der Waals surface area contributed by atoms with E-state index < -0.39 is 49.5 Å². The Kier molecular flexibility index (Phi) is 69.4. The lowest BCUT2D eigenvalue weighted by Crippen LogP contribution is -2.60. The fourth-order valence-corrected chi connectivity index (χ4v) is 13.3. The topological polar surface area (TPSA) is 149 Å². The molecule has 0 aromatic carbocycles. The third kappa shape index (κ3) is 60.8. The summed E-state index contributed by atoms with van der Waals surface area (Å²) in [6.07, 6.45) is 95.3. The molecule has 1 saturated heterocycles. The van der Waals surface area contributed by atoms with Gasteiger partial charge in [-0.25, -0.2) is 0 Å². The number of nitrogens with one attached hydrogen (secondary N) is 1. The van der Waals surface area contributed by atoms with Gasteiger partial charge in [0.2, 0.25) is 5.91 Å². The van der Waals surface area contributed by atoms with Crippen LogP contribution in [0.15, 0.2) is 60.8 Å². The molecule has 1 heterocycles. The first-order chi connectivity index (χ1) is 45.8. The standard InChI is InChI=1S/C84H157NO8/c1-3-5-7-9-11-13-15-17-19-21-23-25-27-29-31-33-34-35-36-37-38-39-40-41-42-43-44-46-48-50-52-54-56-58-60-62-64-66-68-70-72-74-80(88)85-77(76-92-84-83(91)82(90)81(89)79(75-86)93-84)78(87)73-71-69-67-65-63-61-59-57-55-53-51-49-47-45-32-30-28-26-24-22-20-18-16-14-12-10-8-6-4-2/h5,7,11,13,17,19,23,25,71,73,77-79,81-84,86-87,89-91H,3-4,6,8-10,12,14-16,18,20-22,24,26-70,72,74-76H2,1-2H3,(H,85,88)/b7-5-,13-11-,19-17-,25-23-,73-71+. The maximum absolute atomic E-state index is 13.2. The van der Waals surface area contributed by atoms with Crippen LogP contribution in [-0.2, 0) is 14.3 Å². The van der Waals surface area contributed by atoms with Crippen molar-refractivity contribution >= 4 is 5.91 Å². The predicted octanol–water partition coefficient (Wildman–Crippen LogP) is 23.7. The van der Waals surface area contributed by atoms with Gasteiger partial charge in [-0.2, -0.15) is 0 Å². The Morgan fingerprint density at radius 3 is 0.989 bits per heavy atom. The molecule has 1 aliphatic heterocycles. The molecule has 1 amide bonds. The van der Waals surface area contributed by atoms with Crippen molar-refractivity contribution in [2.24, 2.45) is 0 Å². The van der Waals surface area contributed by atoms with Gasteiger partial charge in [-0.15, -0.1) is 0 Å². The van der Waals surface area contributed by atoms with Crippen molar-refractivity contribution in [1.82, 2.24) is 5.32 Å². The Balaban J connectivity index is 2.03. The summed E-state index contributed by atoms with van der Waals surface area (Å²) in [5.74, 6) is -0.168. The SMILES string of the molecule is CC/C=C\C/C=C\C/C=C\C/C=C\CCCCCCCCCCCCCCCCCCCCCCCCCCCCCCC(=O)NC(COC1OC(CO)C(O)C(O)C1O)C(O)/C=C/CCCCCCCCCCCCCCCCCCCCCCCCCCCCC. The van der Waals surface area contributed by atoms with Crippen LogP contribution in [0.25, 0.3) is 0 Å². The first kappa shape index (κ1) is 88.9. The van der Waals surface area contributed by atoms with Gasteiger partial charge in [-0.3, -0.25) is 4.79 Å². The van der Waals surface area contributed by atoms with Crippen molar-refractivity contribution in [3.63, 3.8) is 0 Å². The van der Waals surface area contributed by atoms with Gasteiger partial charge in [0.05, 0.1) is 25.4 Å². The lowest BCUT2D eigenvalue weighted by atomic mass is 9.99. The van der Waals surface area contributed by atoms with Gasteiger partial charge in [0.1, 0.15) is 24.4 Å². The highest BCUT2D eigenvalue weighted by atomic mass is 16.7. The summed E-state index contributed by atoms with van der Waals surface area (Å²) in [4.78, 5) is 13.2. The van der Waals surface area contributed by atoms with Crippen LogP contribution in [0.2, 0.25) is 0 Å². The zero-order chi connectivity index (χ0) is 67.1. The molecule has 9 nitrogen and oxygen atoms in total. The number of carbonyl (C=O) groups excluding carboxylic acids is 1. The van der Waals surface area contributed by atoms with E-state index in [1.165, 1.54) is 327 Å². The van der Waals surface area contributed by atoms with Crippen molar-refractivity contribution in [1.29, 1.82) is 0 Å². The number of unbranched alkanes of at least 4 members (excludes halogenated alkanes) is 55. The van der Waals surface area contributed by atoms with Crippen LogP contribution in [0.5, 0.6) is 0 Å². The molecule has 0 radical (unpaired) electrons. The molecule has 0 bridgehead atoms. The fraction of sp³-hybridized carbons (Fsp3) is 0.869. The summed E-state index contributed by atoms with van der Waals surface area (Å²) >= 11 is 0. The van der Waals surface area contributed by atoms with Crippen molar-refractivity contribution in [3.8, 4) is 0 Å². The lowest BCUT2D eigenvalue weighted by molar-refractivity contribution is -0.302. The predicted molar refractivity (Wildman–Crippen MR) is 401 cm³/mol. The van der Waals surface area contributed by atoms with Crippen LogP contribution in [0.4, 0.5) is 0 Å². The molecule has 7 atom stereocenters. The molecule has 0 saturated carbocycles. The van der Waals surface area contributed by atoms with Gasteiger partial charge in [0, 0.05) is 6.42 Å². The fourth-order valence-electron chi connectivity index (χ4n) is 13.3. The summed E-state index contributed by atoms with van der Waals surface area (Å²) in [5.41, 5.74) is 0. The molecular formula is C84H157NO8. The quantitative estimate of drug-likeness (QED) is 0.0261. The summed E-state index contributed by atoms with van der Waals surface area (Å²) in [6, 6.07) is -0.806. The van der Waals surface area contributed by atoms with E-state index in [1.807, 2.05) is 6.08 Å². The van der Waals surface area contributed by atoms with E-state index in [0.717, 1.165) is 64.2 Å². The first-order valence-electron chi connectivity index (χ1n) is 41.0. The highest BCUT2D eigenvalue weighted by Gasteiger charge is 2.44. The minimum Gasteiger partial charge on any atom is -0.394 e. The van der Waals surface area contributed by atoms with E-state index in [2.05, 4.69) is 67.8 Å². The van der Waals surface area contributed by atoms with Crippen LogP contribution in [0.3, 0.4) is 0 Å². The van der Waals surface area contributed by atoms with Gasteiger partial charge < -0.3 is 40.3 Å². The zero-order valence-corrected chi connectivity index (χ0v) is 61.5. The second-order valence-electron chi connectivity index (χ2n) is 28.5. The normalized spacial score (nSPS) is 17.9. The van der Waals surface area contributed by atoms with Crippen molar-refractivity contribution in [2.75, 3.05) is 13.2 Å². The molecule has 0 aliphatic carbocycles. The van der Waals surface area contributed by atoms with Crippen molar-refractivity contribution in [3.05, 3.63) is 60.8 Å². The van der Waals surface area contributed by atoms with E-state index in [1.54, 1.807) is 6.08 Å². The first-order valence-corrected chi connectivity index (χ1v) is 41.0. The minimum absolute atomic E-state index is 0.168. The third-order valence-electron chi connectivity index (χ3n) is 19.6. The summed E-state index contributed by atoms with van der Waals surface area (Å²) in [6.45, 7) is 3.73. The Labute approximate surface area is 576 Å². The molecule has 1 fully saturated rings. The molecule has 9 heteroatoms. The number of rotatable bonds is 73. The van der Waals surface area contributed by atoms with Gasteiger partial charge in [0.15, 0.2) is 6.29 Å². The van der Waals surface area contributed by atoms with Crippen LogP contribution < -0.4 is 5.32 Å². The van der Waals surface area contributed by atoms with Crippen molar-refractivity contribution in [2.45, 2.75) is 455 Å². The average molecular weight is 1310 g/mol. The molecule has 93 heavy (non-hydrogen) atoms. The second-order valence-corrected chi connectivity index (χ2v) is 28.5. The second kappa shape index (κ2) is 72.6. The Morgan fingerprint density at radius 2 is 0.667 bits per heavy atom. The van der Waals surface area contributed by atoms with Gasteiger partial charge >= 0.3 is 0 Å². The van der Waals surface area contributed by atoms with Gasteiger partial charge in [-0.1, -0.05) is 408 Å². The third-order valence-corrected chi connectivity index (χ3v) is 19.6. The van der Waals surface area contributed by atoms with Crippen molar-refractivity contribution < 1.29 is 39.8 Å². The molecular weight excluding hydrogens is 1150 g/mol. The van der Waals surface area contributed by atoms with E-state index in [-0.39, 0.29) is 12.5 Å². The van der Waals surface area contributed by atoms with Crippen LogP contribution in [-0.4, -0.2) is 87.5 Å². The number of hydrogen-bond donors (Lipinski definition) is 6. The molecule has 1 rings (SSSR count). The van der Waals surface area contributed by atoms with E-state index >= 15 is 0 Å². The monoisotopic (exact) mass is 1310 g/mol. The molecule has 1 aliphatic rings. The van der Waals surface area contributed by atoms with E-state index in [0.29, 0.717) is 6.42 Å². The Hall–Kier alpha value is -2.11. The average Bonchev–Trinajstić information content (AvgIpc) is 1.00. The molecule has 7 unspecified atom stereocenters. The van der Waals surface area contributed by atoms with Crippen LogP contribution in [0.1, 0.15) is 412 Å². The lowest BCUT2D eigenvalue weighted by Gasteiger charge is -2.40. The maximum Gasteiger partial charge on any atom is 0.220 e. The zero-order valence-electron chi connectivity index (χ0n) is 61.5. The van der Waals surface area contributed by atoms with Crippen LogP contribution in [0, 0.1) is 0 Å².